The first kappa shape index (κ1) is 14.9. The number of likely N-dealkylation sites (tertiary alicyclic amines) is 1. The van der Waals surface area contributed by atoms with Crippen molar-refractivity contribution in [2.24, 2.45) is 5.73 Å². The molecule has 1 aliphatic rings. The molecule has 2 rings (SSSR count). The minimum Gasteiger partial charge on any atom is -0.490 e. The van der Waals surface area contributed by atoms with Crippen LogP contribution in [-0.2, 0) is 4.79 Å². The van der Waals surface area contributed by atoms with Gasteiger partial charge in [0.15, 0.2) is 0 Å². The summed E-state index contributed by atoms with van der Waals surface area (Å²) in [4.78, 5) is 13.7. The maximum Gasteiger partial charge on any atom is 0.239 e. The molecule has 1 aromatic carbocycles. The first-order chi connectivity index (χ1) is 9.47. The summed E-state index contributed by atoms with van der Waals surface area (Å²) in [5.41, 5.74) is 8.00. The molecule has 4 heteroatoms. The van der Waals surface area contributed by atoms with Gasteiger partial charge in [-0.2, -0.15) is 0 Å². The Bertz CT molecular complexity index is 477. The third-order valence-corrected chi connectivity index (χ3v) is 3.78. The Hall–Kier alpha value is -1.55. The molecule has 4 nitrogen and oxygen atoms in total. The van der Waals surface area contributed by atoms with E-state index >= 15 is 0 Å². The maximum absolute atomic E-state index is 11.8. The van der Waals surface area contributed by atoms with E-state index in [9.17, 15) is 4.79 Å². The lowest BCUT2D eigenvalue weighted by molar-refractivity contribution is -0.133. The number of benzene rings is 1. The number of nitrogens with zero attached hydrogens (tertiary/aromatic N) is 1. The Kier molecular flexibility index (Phi) is 4.65. The summed E-state index contributed by atoms with van der Waals surface area (Å²) in [6.45, 7) is 7.33. The van der Waals surface area contributed by atoms with Crippen LogP contribution in [0, 0.1) is 13.8 Å². The number of hydrogen-bond acceptors (Lipinski definition) is 3. The van der Waals surface area contributed by atoms with E-state index in [1.165, 1.54) is 5.56 Å². The number of nitrogens with two attached hydrogens (primary N) is 1. The largest absolute Gasteiger partial charge is 0.490 e. The van der Waals surface area contributed by atoms with Crippen LogP contribution in [0.2, 0.25) is 0 Å². The number of aryl methyl sites for hydroxylation is 2. The summed E-state index contributed by atoms with van der Waals surface area (Å²) in [5, 5.41) is 0. The van der Waals surface area contributed by atoms with Crippen LogP contribution in [0.25, 0.3) is 0 Å². The van der Waals surface area contributed by atoms with Crippen LogP contribution in [0.15, 0.2) is 18.2 Å². The van der Waals surface area contributed by atoms with E-state index in [2.05, 4.69) is 32.0 Å². The van der Waals surface area contributed by atoms with Crippen molar-refractivity contribution in [3.8, 4) is 5.75 Å². The summed E-state index contributed by atoms with van der Waals surface area (Å²) in [6, 6.07) is 5.84. The smallest absolute Gasteiger partial charge is 0.239 e. The maximum atomic E-state index is 11.8. The molecule has 1 atom stereocenters. The summed E-state index contributed by atoms with van der Waals surface area (Å²) in [5.74, 6) is 0.997. The fourth-order valence-corrected chi connectivity index (χ4v) is 2.50. The first-order valence-corrected chi connectivity index (χ1v) is 7.25. The van der Waals surface area contributed by atoms with Gasteiger partial charge in [0.2, 0.25) is 5.91 Å². The molecule has 20 heavy (non-hydrogen) atoms. The van der Waals surface area contributed by atoms with Gasteiger partial charge in [0.1, 0.15) is 11.9 Å². The molecule has 0 aromatic heterocycles. The highest BCUT2D eigenvalue weighted by Crippen LogP contribution is 2.24. The Morgan fingerprint density at radius 2 is 2.00 bits per heavy atom. The van der Waals surface area contributed by atoms with Crippen molar-refractivity contribution < 1.29 is 9.53 Å². The van der Waals surface area contributed by atoms with E-state index in [-0.39, 0.29) is 12.0 Å². The van der Waals surface area contributed by atoms with Gasteiger partial charge in [0.05, 0.1) is 6.04 Å². The third-order valence-electron chi connectivity index (χ3n) is 3.78. The van der Waals surface area contributed by atoms with Gasteiger partial charge in [-0.1, -0.05) is 12.1 Å². The minimum absolute atomic E-state index is 0.0372. The van der Waals surface area contributed by atoms with Gasteiger partial charge in [-0.25, -0.2) is 0 Å². The van der Waals surface area contributed by atoms with E-state index in [1.807, 2.05) is 4.90 Å². The molecule has 1 aromatic rings. The molecule has 1 heterocycles. The van der Waals surface area contributed by atoms with Crippen LogP contribution in [0.1, 0.15) is 30.9 Å². The van der Waals surface area contributed by atoms with Gasteiger partial charge in [-0.15, -0.1) is 0 Å². The molecule has 1 aliphatic heterocycles. The summed E-state index contributed by atoms with van der Waals surface area (Å²) in [6.07, 6.45) is 1.92. The van der Waals surface area contributed by atoms with Gasteiger partial charge in [-0.05, 0) is 38.0 Å². The zero-order valence-electron chi connectivity index (χ0n) is 12.6. The van der Waals surface area contributed by atoms with E-state index in [0.29, 0.717) is 0 Å². The number of amides is 1. The summed E-state index contributed by atoms with van der Waals surface area (Å²) in [7, 11) is 0. The number of ether oxygens (including phenoxy) is 1. The lowest BCUT2D eigenvalue weighted by atomic mass is 10.1. The average molecular weight is 276 g/mol. The van der Waals surface area contributed by atoms with Gasteiger partial charge in [0.25, 0.3) is 0 Å². The van der Waals surface area contributed by atoms with E-state index < -0.39 is 6.04 Å². The minimum atomic E-state index is -0.411. The van der Waals surface area contributed by atoms with Crippen LogP contribution < -0.4 is 10.5 Å². The number of piperidine rings is 1. The standard InChI is InChI=1S/C16H24N2O2/c1-11-4-5-12(2)15(10-11)20-14-6-8-18(9-7-14)16(19)13(3)17/h4-5,10,13-14H,6-9,17H2,1-3H3/t13-/m1/s1. The molecule has 0 radical (unpaired) electrons. The quantitative estimate of drug-likeness (QED) is 0.919. The Morgan fingerprint density at radius 1 is 1.35 bits per heavy atom. The lowest BCUT2D eigenvalue weighted by Crippen LogP contribution is -2.47. The van der Waals surface area contributed by atoms with Crippen molar-refractivity contribution in [3.63, 3.8) is 0 Å². The highest BCUT2D eigenvalue weighted by Gasteiger charge is 2.25. The van der Waals surface area contributed by atoms with E-state index in [0.717, 1.165) is 37.2 Å². The predicted molar refractivity (Wildman–Crippen MR) is 79.8 cm³/mol. The molecule has 1 amide bonds. The zero-order valence-corrected chi connectivity index (χ0v) is 12.6. The van der Waals surface area contributed by atoms with Gasteiger partial charge >= 0.3 is 0 Å². The number of carbonyl (C=O) groups is 1. The molecule has 0 saturated carbocycles. The van der Waals surface area contributed by atoms with Crippen LogP contribution >= 0.6 is 0 Å². The van der Waals surface area contributed by atoms with Crippen molar-refractivity contribution in [1.82, 2.24) is 4.90 Å². The normalized spacial score (nSPS) is 17.9. The topological polar surface area (TPSA) is 55.6 Å². The highest BCUT2D eigenvalue weighted by atomic mass is 16.5. The number of rotatable bonds is 3. The first-order valence-electron chi connectivity index (χ1n) is 7.25. The second kappa shape index (κ2) is 6.27. The Morgan fingerprint density at radius 3 is 2.60 bits per heavy atom. The molecule has 0 unspecified atom stereocenters. The van der Waals surface area contributed by atoms with Crippen LogP contribution in [0.3, 0.4) is 0 Å². The molecule has 1 saturated heterocycles. The van der Waals surface area contributed by atoms with Crippen molar-refractivity contribution in [2.45, 2.75) is 45.8 Å². The molecule has 0 bridgehead atoms. The van der Waals surface area contributed by atoms with Crippen LogP contribution in [0.4, 0.5) is 0 Å². The third kappa shape index (κ3) is 3.51. The van der Waals surface area contributed by atoms with Crippen LogP contribution in [0.5, 0.6) is 5.75 Å². The molecular weight excluding hydrogens is 252 g/mol. The molecule has 110 valence electrons. The van der Waals surface area contributed by atoms with Crippen molar-refractivity contribution in [1.29, 1.82) is 0 Å². The molecule has 0 aliphatic carbocycles. The SMILES string of the molecule is Cc1ccc(C)c(OC2CCN(C(=O)[C@@H](C)N)CC2)c1. The molecule has 0 spiro atoms. The molecule has 2 N–H and O–H groups in total. The summed E-state index contributed by atoms with van der Waals surface area (Å²) >= 11 is 0. The predicted octanol–water partition coefficient (Wildman–Crippen LogP) is 2.02. The molecule has 1 fully saturated rings. The average Bonchev–Trinajstić information content (AvgIpc) is 2.43. The van der Waals surface area contributed by atoms with E-state index in [1.54, 1.807) is 6.92 Å². The fourth-order valence-electron chi connectivity index (χ4n) is 2.50. The molecular formula is C16H24N2O2. The van der Waals surface area contributed by atoms with Crippen LogP contribution in [-0.4, -0.2) is 36.0 Å². The van der Waals surface area contributed by atoms with Crippen molar-refractivity contribution in [3.05, 3.63) is 29.3 Å². The van der Waals surface area contributed by atoms with Crippen molar-refractivity contribution in [2.75, 3.05) is 13.1 Å². The Balaban J connectivity index is 1.91. The number of carbonyl (C=O) groups excluding carboxylic acids is 1. The fraction of sp³-hybridized carbons (Fsp3) is 0.562. The monoisotopic (exact) mass is 276 g/mol. The van der Waals surface area contributed by atoms with Gasteiger partial charge in [0, 0.05) is 25.9 Å². The highest BCUT2D eigenvalue weighted by molar-refractivity contribution is 5.81. The van der Waals surface area contributed by atoms with E-state index in [4.69, 9.17) is 10.5 Å². The summed E-state index contributed by atoms with van der Waals surface area (Å²) < 4.78 is 6.09. The second-order valence-corrected chi connectivity index (χ2v) is 5.70. The van der Waals surface area contributed by atoms with Gasteiger partial charge < -0.3 is 15.4 Å². The number of hydrogen-bond donors (Lipinski definition) is 1. The zero-order chi connectivity index (χ0) is 14.7. The van der Waals surface area contributed by atoms with Crippen molar-refractivity contribution >= 4 is 5.91 Å². The lowest BCUT2D eigenvalue weighted by Gasteiger charge is -2.33. The second-order valence-electron chi connectivity index (χ2n) is 5.70. The Labute approximate surface area is 120 Å². The van der Waals surface area contributed by atoms with Gasteiger partial charge in [-0.3, -0.25) is 4.79 Å².